The van der Waals surface area contributed by atoms with Crippen LogP contribution in [0, 0.1) is 20.8 Å². The minimum atomic E-state index is -0.0838. The van der Waals surface area contributed by atoms with Gasteiger partial charge in [-0.05, 0) is 67.8 Å². The standard InChI is InChI=1S/C28H27N5O/c1-19-6-8-22(9-7-19)17-29-28(34)24-12-10-23(11-13-24)18-33-26-25(20(2)16-21(3)30-26)27(31-33)32-14-4-5-15-32/h4-16H,17-18H2,1-3H3,(H,29,34). The van der Waals surface area contributed by atoms with E-state index in [9.17, 15) is 4.79 Å². The van der Waals surface area contributed by atoms with Crippen molar-refractivity contribution in [1.82, 2.24) is 24.6 Å². The zero-order valence-electron chi connectivity index (χ0n) is 19.6. The SMILES string of the molecule is Cc1ccc(CNC(=O)c2ccc(Cn3nc(-n4cccc4)c4c(C)cc(C)nc43)cc2)cc1. The van der Waals surface area contributed by atoms with Crippen molar-refractivity contribution in [2.24, 2.45) is 0 Å². The van der Waals surface area contributed by atoms with E-state index in [1.54, 1.807) is 0 Å². The maximum Gasteiger partial charge on any atom is 0.251 e. The van der Waals surface area contributed by atoms with Gasteiger partial charge in [0.05, 0.1) is 11.9 Å². The third-order valence-corrected chi connectivity index (χ3v) is 5.98. The van der Waals surface area contributed by atoms with Crippen molar-refractivity contribution >= 4 is 16.9 Å². The smallest absolute Gasteiger partial charge is 0.251 e. The lowest BCUT2D eigenvalue weighted by Gasteiger charge is -2.08. The summed E-state index contributed by atoms with van der Waals surface area (Å²) >= 11 is 0. The van der Waals surface area contributed by atoms with Crippen LogP contribution in [0.15, 0.2) is 79.1 Å². The molecule has 3 heterocycles. The van der Waals surface area contributed by atoms with Crippen molar-refractivity contribution in [2.45, 2.75) is 33.9 Å². The molecule has 0 bridgehead atoms. The summed E-state index contributed by atoms with van der Waals surface area (Å²) in [5, 5.41) is 8.93. The molecule has 6 nitrogen and oxygen atoms in total. The first-order valence-corrected chi connectivity index (χ1v) is 11.4. The molecule has 0 saturated heterocycles. The average Bonchev–Trinajstić information content (AvgIpc) is 3.48. The predicted molar refractivity (Wildman–Crippen MR) is 134 cm³/mol. The Morgan fingerprint density at radius 3 is 2.29 bits per heavy atom. The summed E-state index contributed by atoms with van der Waals surface area (Å²) in [5.74, 6) is 0.788. The van der Waals surface area contributed by atoms with Gasteiger partial charge in [0, 0.05) is 30.2 Å². The molecule has 0 aliphatic heterocycles. The van der Waals surface area contributed by atoms with Gasteiger partial charge in [-0.1, -0.05) is 42.0 Å². The monoisotopic (exact) mass is 449 g/mol. The Balaban J connectivity index is 1.36. The van der Waals surface area contributed by atoms with Gasteiger partial charge in [0.1, 0.15) is 0 Å². The molecular formula is C28H27N5O. The van der Waals surface area contributed by atoms with Gasteiger partial charge in [-0.2, -0.15) is 5.10 Å². The molecule has 0 aliphatic carbocycles. The quantitative estimate of drug-likeness (QED) is 0.391. The highest BCUT2D eigenvalue weighted by Crippen LogP contribution is 2.25. The van der Waals surface area contributed by atoms with Crippen molar-refractivity contribution in [1.29, 1.82) is 0 Å². The maximum atomic E-state index is 12.6. The van der Waals surface area contributed by atoms with Crippen LogP contribution in [0.3, 0.4) is 0 Å². The van der Waals surface area contributed by atoms with Gasteiger partial charge >= 0.3 is 0 Å². The number of aryl methyl sites for hydroxylation is 3. The van der Waals surface area contributed by atoms with Crippen molar-refractivity contribution in [3.63, 3.8) is 0 Å². The van der Waals surface area contributed by atoms with Gasteiger partial charge in [0.15, 0.2) is 11.5 Å². The van der Waals surface area contributed by atoms with Crippen molar-refractivity contribution < 1.29 is 4.79 Å². The molecule has 0 atom stereocenters. The van der Waals surface area contributed by atoms with Crippen LogP contribution in [0.25, 0.3) is 16.9 Å². The fraction of sp³-hybridized carbons (Fsp3) is 0.179. The van der Waals surface area contributed by atoms with Gasteiger partial charge < -0.3 is 9.88 Å². The average molecular weight is 450 g/mol. The van der Waals surface area contributed by atoms with E-state index in [4.69, 9.17) is 10.1 Å². The van der Waals surface area contributed by atoms with Gasteiger partial charge in [-0.3, -0.25) is 4.79 Å². The molecule has 0 spiro atoms. The molecule has 0 aliphatic rings. The van der Waals surface area contributed by atoms with Crippen LogP contribution < -0.4 is 5.32 Å². The molecule has 1 amide bonds. The van der Waals surface area contributed by atoms with E-state index in [-0.39, 0.29) is 5.91 Å². The maximum absolute atomic E-state index is 12.6. The lowest BCUT2D eigenvalue weighted by molar-refractivity contribution is 0.0951. The lowest BCUT2D eigenvalue weighted by Crippen LogP contribution is -2.22. The fourth-order valence-corrected chi connectivity index (χ4v) is 4.18. The first-order chi connectivity index (χ1) is 16.5. The molecule has 0 unspecified atom stereocenters. The number of nitrogens with zero attached hydrogens (tertiary/aromatic N) is 4. The minimum Gasteiger partial charge on any atom is -0.348 e. The van der Waals surface area contributed by atoms with E-state index in [0.29, 0.717) is 18.7 Å². The normalized spacial score (nSPS) is 11.1. The fourth-order valence-electron chi connectivity index (χ4n) is 4.18. The number of aromatic nitrogens is 4. The second-order valence-electron chi connectivity index (χ2n) is 8.72. The Morgan fingerprint density at radius 1 is 0.912 bits per heavy atom. The number of benzene rings is 2. The molecular weight excluding hydrogens is 422 g/mol. The highest BCUT2D eigenvalue weighted by atomic mass is 16.1. The second-order valence-corrected chi connectivity index (χ2v) is 8.72. The van der Waals surface area contributed by atoms with E-state index in [1.807, 2.05) is 77.1 Å². The highest BCUT2D eigenvalue weighted by Gasteiger charge is 2.16. The zero-order valence-corrected chi connectivity index (χ0v) is 19.6. The molecule has 170 valence electrons. The number of carbonyl (C=O) groups excluding carboxylic acids is 1. The molecule has 0 saturated carbocycles. The summed E-state index contributed by atoms with van der Waals surface area (Å²) in [7, 11) is 0. The topological polar surface area (TPSA) is 64.7 Å². The summed E-state index contributed by atoms with van der Waals surface area (Å²) in [6, 6.07) is 21.9. The van der Waals surface area contributed by atoms with Crippen LogP contribution >= 0.6 is 0 Å². The Labute approximate surface area is 198 Å². The van der Waals surface area contributed by atoms with Crippen molar-refractivity contribution in [2.75, 3.05) is 0 Å². The molecule has 34 heavy (non-hydrogen) atoms. The van der Waals surface area contributed by atoms with E-state index in [2.05, 4.69) is 37.4 Å². The van der Waals surface area contributed by atoms with E-state index in [0.717, 1.165) is 39.2 Å². The molecule has 5 rings (SSSR count). The molecule has 0 fully saturated rings. The number of hydrogen-bond donors (Lipinski definition) is 1. The van der Waals surface area contributed by atoms with Gasteiger partial charge in [0.25, 0.3) is 5.91 Å². The van der Waals surface area contributed by atoms with Gasteiger partial charge in [-0.25, -0.2) is 9.67 Å². The van der Waals surface area contributed by atoms with E-state index >= 15 is 0 Å². The Morgan fingerprint density at radius 2 is 1.59 bits per heavy atom. The Hall–Kier alpha value is -4.19. The number of pyridine rings is 1. The summed E-state index contributed by atoms with van der Waals surface area (Å²) in [6.07, 6.45) is 3.99. The van der Waals surface area contributed by atoms with Gasteiger partial charge in [0.2, 0.25) is 0 Å². The number of nitrogens with one attached hydrogen (secondary N) is 1. The largest absolute Gasteiger partial charge is 0.348 e. The summed E-state index contributed by atoms with van der Waals surface area (Å²) in [6.45, 7) is 7.23. The highest BCUT2D eigenvalue weighted by molar-refractivity contribution is 5.94. The number of amides is 1. The van der Waals surface area contributed by atoms with Crippen LogP contribution in [0.2, 0.25) is 0 Å². The van der Waals surface area contributed by atoms with Gasteiger partial charge in [-0.15, -0.1) is 0 Å². The summed E-state index contributed by atoms with van der Waals surface area (Å²) in [5.41, 5.74) is 6.96. The molecule has 5 aromatic rings. The van der Waals surface area contributed by atoms with Crippen molar-refractivity contribution in [3.8, 4) is 5.82 Å². The van der Waals surface area contributed by atoms with Crippen LogP contribution in [-0.2, 0) is 13.1 Å². The summed E-state index contributed by atoms with van der Waals surface area (Å²) < 4.78 is 3.96. The van der Waals surface area contributed by atoms with E-state index in [1.165, 1.54) is 5.56 Å². The van der Waals surface area contributed by atoms with Crippen LogP contribution in [0.1, 0.15) is 38.3 Å². The molecule has 6 heteroatoms. The second kappa shape index (κ2) is 8.98. The molecule has 3 aromatic heterocycles. The minimum absolute atomic E-state index is 0.0838. The third-order valence-electron chi connectivity index (χ3n) is 5.98. The number of carbonyl (C=O) groups is 1. The zero-order chi connectivity index (χ0) is 23.7. The number of rotatable bonds is 6. The van der Waals surface area contributed by atoms with Crippen molar-refractivity contribution in [3.05, 3.63) is 113 Å². The predicted octanol–water partition coefficient (Wildman–Crippen LogP) is 5.13. The summed E-state index contributed by atoms with van der Waals surface area (Å²) in [4.78, 5) is 17.4. The molecule has 2 aromatic carbocycles. The van der Waals surface area contributed by atoms with Crippen LogP contribution in [-0.4, -0.2) is 25.2 Å². The molecule has 0 radical (unpaired) electrons. The Bertz CT molecular complexity index is 1450. The number of fused-ring (bicyclic) bond motifs is 1. The third kappa shape index (κ3) is 4.35. The van der Waals surface area contributed by atoms with Crippen LogP contribution in [0.5, 0.6) is 0 Å². The van der Waals surface area contributed by atoms with E-state index < -0.39 is 0 Å². The number of hydrogen-bond acceptors (Lipinski definition) is 3. The lowest BCUT2D eigenvalue weighted by atomic mass is 10.1. The first-order valence-electron chi connectivity index (χ1n) is 11.4. The van der Waals surface area contributed by atoms with Crippen LogP contribution in [0.4, 0.5) is 0 Å². The Kier molecular flexibility index (Phi) is 5.72. The first kappa shape index (κ1) is 21.6. The molecule has 1 N–H and O–H groups in total.